The Morgan fingerprint density at radius 1 is 1.20 bits per heavy atom. The fraction of sp³-hybridized carbons (Fsp3) is 0. The highest BCUT2D eigenvalue weighted by atomic mass is 16.1. The SMILES string of the molecule is C=C1C=CC(C=O)=C1C=O. The van der Waals surface area contributed by atoms with Gasteiger partial charge in [-0.3, -0.25) is 9.59 Å². The molecule has 0 saturated heterocycles. The molecule has 0 N–H and O–H groups in total. The molecule has 0 saturated carbocycles. The maximum absolute atomic E-state index is 10.3. The second-order valence-corrected chi connectivity index (χ2v) is 1.96. The number of carbonyl (C=O) groups is 2. The molecule has 0 aromatic heterocycles. The molecule has 10 heavy (non-hydrogen) atoms. The molecule has 0 atom stereocenters. The van der Waals surface area contributed by atoms with Gasteiger partial charge >= 0.3 is 0 Å². The van der Waals surface area contributed by atoms with Gasteiger partial charge in [-0.25, -0.2) is 0 Å². The summed E-state index contributed by atoms with van der Waals surface area (Å²) in [4.78, 5) is 20.5. The largest absolute Gasteiger partial charge is 0.298 e. The Balaban J connectivity index is 3.12. The van der Waals surface area contributed by atoms with Crippen LogP contribution in [0.3, 0.4) is 0 Å². The predicted octanol–water partition coefficient (Wildman–Crippen LogP) is 0.807. The van der Waals surface area contributed by atoms with Gasteiger partial charge in [-0.15, -0.1) is 0 Å². The first-order valence-corrected chi connectivity index (χ1v) is 2.81. The smallest absolute Gasteiger partial charge is 0.151 e. The molecule has 0 heterocycles. The van der Waals surface area contributed by atoms with E-state index in [1.165, 1.54) is 0 Å². The van der Waals surface area contributed by atoms with E-state index in [1.54, 1.807) is 12.2 Å². The highest BCUT2D eigenvalue weighted by Gasteiger charge is 2.09. The van der Waals surface area contributed by atoms with E-state index in [0.717, 1.165) is 0 Å². The zero-order valence-corrected chi connectivity index (χ0v) is 5.33. The normalized spacial score (nSPS) is 16.2. The van der Waals surface area contributed by atoms with Gasteiger partial charge in [0.05, 0.1) is 0 Å². The van der Waals surface area contributed by atoms with Crippen molar-refractivity contribution in [3.8, 4) is 0 Å². The van der Waals surface area contributed by atoms with Crippen LogP contribution in [0.1, 0.15) is 0 Å². The molecule has 2 heteroatoms. The van der Waals surface area contributed by atoms with Gasteiger partial charge in [0.2, 0.25) is 0 Å². The van der Waals surface area contributed by atoms with Crippen LogP contribution in [0.15, 0.2) is 35.5 Å². The third kappa shape index (κ3) is 0.838. The molecule has 1 rings (SSSR count). The van der Waals surface area contributed by atoms with Gasteiger partial charge in [0.15, 0.2) is 12.6 Å². The maximum atomic E-state index is 10.3. The first-order valence-electron chi connectivity index (χ1n) is 2.81. The standard InChI is InChI=1S/C8H6O2/c1-6-2-3-7(4-9)8(6)5-10/h2-5H,1H2. The molecule has 0 fully saturated rings. The number of carbonyl (C=O) groups excluding carboxylic acids is 2. The van der Waals surface area contributed by atoms with E-state index < -0.39 is 0 Å². The van der Waals surface area contributed by atoms with Gasteiger partial charge in [-0.1, -0.05) is 18.7 Å². The van der Waals surface area contributed by atoms with Crippen LogP contribution >= 0.6 is 0 Å². The Hall–Kier alpha value is -1.44. The number of hydrogen-bond acceptors (Lipinski definition) is 2. The van der Waals surface area contributed by atoms with Crippen LogP contribution in [0.2, 0.25) is 0 Å². The second kappa shape index (κ2) is 2.43. The van der Waals surface area contributed by atoms with Crippen LogP contribution in [0.25, 0.3) is 0 Å². The van der Waals surface area contributed by atoms with Crippen molar-refractivity contribution in [2.45, 2.75) is 0 Å². The van der Waals surface area contributed by atoms with Gasteiger partial charge in [0.25, 0.3) is 0 Å². The molecular formula is C8H6O2. The average Bonchev–Trinajstić information content (AvgIpc) is 2.30. The van der Waals surface area contributed by atoms with E-state index in [4.69, 9.17) is 0 Å². The zero-order valence-electron chi connectivity index (χ0n) is 5.33. The van der Waals surface area contributed by atoms with Crippen molar-refractivity contribution in [3.05, 3.63) is 35.5 Å². The van der Waals surface area contributed by atoms with E-state index in [9.17, 15) is 9.59 Å². The van der Waals surface area contributed by atoms with Gasteiger partial charge in [-0.05, 0) is 5.57 Å². The summed E-state index contributed by atoms with van der Waals surface area (Å²) in [6.07, 6.45) is 4.52. The molecule has 50 valence electrons. The molecular weight excluding hydrogens is 128 g/mol. The summed E-state index contributed by atoms with van der Waals surface area (Å²) in [5, 5.41) is 0. The molecule has 0 unspecified atom stereocenters. The Labute approximate surface area is 58.5 Å². The summed E-state index contributed by atoms with van der Waals surface area (Å²) >= 11 is 0. The van der Waals surface area contributed by atoms with Crippen molar-refractivity contribution in [1.82, 2.24) is 0 Å². The molecule has 0 aromatic carbocycles. The number of hydrogen-bond donors (Lipinski definition) is 0. The van der Waals surface area contributed by atoms with Crippen molar-refractivity contribution >= 4 is 12.6 Å². The van der Waals surface area contributed by atoms with Gasteiger partial charge in [0, 0.05) is 11.1 Å². The lowest BCUT2D eigenvalue weighted by molar-refractivity contribution is -0.106. The first kappa shape index (κ1) is 6.68. The van der Waals surface area contributed by atoms with Gasteiger partial charge < -0.3 is 0 Å². The first-order chi connectivity index (χ1) is 4.79. The van der Waals surface area contributed by atoms with Crippen LogP contribution in [0.4, 0.5) is 0 Å². The van der Waals surface area contributed by atoms with Crippen molar-refractivity contribution in [3.63, 3.8) is 0 Å². The highest BCUT2D eigenvalue weighted by Crippen LogP contribution is 2.19. The molecule has 0 aliphatic heterocycles. The van der Waals surface area contributed by atoms with E-state index in [-0.39, 0.29) is 0 Å². The van der Waals surface area contributed by atoms with E-state index in [1.807, 2.05) is 0 Å². The third-order valence-corrected chi connectivity index (χ3v) is 1.37. The molecule has 0 aromatic rings. The molecule has 2 nitrogen and oxygen atoms in total. The van der Waals surface area contributed by atoms with Crippen LogP contribution in [0, 0.1) is 0 Å². The summed E-state index contributed by atoms with van der Waals surface area (Å²) in [5.41, 5.74) is 1.42. The van der Waals surface area contributed by atoms with Crippen LogP contribution in [0.5, 0.6) is 0 Å². The van der Waals surface area contributed by atoms with E-state index in [0.29, 0.717) is 29.3 Å². The lowest BCUT2D eigenvalue weighted by Crippen LogP contribution is -1.87. The number of aldehydes is 2. The molecule has 0 bridgehead atoms. The predicted molar refractivity (Wildman–Crippen MR) is 37.4 cm³/mol. The van der Waals surface area contributed by atoms with Crippen molar-refractivity contribution in [1.29, 1.82) is 0 Å². The summed E-state index contributed by atoms with van der Waals surface area (Å²) in [6, 6.07) is 0. The number of allylic oxidation sites excluding steroid dienone is 5. The Morgan fingerprint density at radius 3 is 2.30 bits per heavy atom. The zero-order chi connectivity index (χ0) is 7.56. The summed E-state index contributed by atoms with van der Waals surface area (Å²) in [6.45, 7) is 3.57. The fourth-order valence-electron chi connectivity index (χ4n) is 0.802. The highest BCUT2D eigenvalue weighted by molar-refractivity contribution is 5.96. The Kier molecular flexibility index (Phi) is 1.63. The van der Waals surface area contributed by atoms with Crippen molar-refractivity contribution in [2.24, 2.45) is 0 Å². The lowest BCUT2D eigenvalue weighted by atomic mass is 10.1. The monoisotopic (exact) mass is 134 g/mol. The Morgan fingerprint density at radius 2 is 1.90 bits per heavy atom. The third-order valence-electron chi connectivity index (χ3n) is 1.37. The van der Waals surface area contributed by atoms with Crippen LogP contribution < -0.4 is 0 Å². The summed E-state index contributed by atoms with van der Waals surface area (Å²) in [7, 11) is 0. The summed E-state index contributed by atoms with van der Waals surface area (Å²) < 4.78 is 0. The molecule has 1 aliphatic rings. The molecule has 0 spiro atoms. The van der Waals surface area contributed by atoms with E-state index >= 15 is 0 Å². The topological polar surface area (TPSA) is 34.1 Å². The minimum Gasteiger partial charge on any atom is -0.298 e. The minimum absolute atomic E-state index is 0.398. The lowest BCUT2D eigenvalue weighted by Gasteiger charge is -1.90. The van der Waals surface area contributed by atoms with Gasteiger partial charge in [-0.2, -0.15) is 0 Å². The number of rotatable bonds is 2. The van der Waals surface area contributed by atoms with Crippen molar-refractivity contribution in [2.75, 3.05) is 0 Å². The molecule has 1 aliphatic carbocycles. The maximum Gasteiger partial charge on any atom is 0.151 e. The quantitative estimate of drug-likeness (QED) is 0.523. The average molecular weight is 134 g/mol. The van der Waals surface area contributed by atoms with Crippen molar-refractivity contribution < 1.29 is 9.59 Å². The summed E-state index contributed by atoms with van der Waals surface area (Å²) in [5.74, 6) is 0. The Bertz CT molecular complexity index is 246. The molecule has 0 amide bonds. The van der Waals surface area contributed by atoms with Crippen LogP contribution in [-0.4, -0.2) is 12.6 Å². The van der Waals surface area contributed by atoms with Crippen LogP contribution in [-0.2, 0) is 9.59 Å². The van der Waals surface area contributed by atoms with Gasteiger partial charge in [0.1, 0.15) is 0 Å². The van der Waals surface area contributed by atoms with E-state index in [2.05, 4.69) is 6.58 Å². The molecule has 0 radical (unpaired) electrons. The fourth-order valence-corrected chi connectivity index (χ4v) is 0.802. The minimum atomic E-state index is 0.398. The second-order valence-electron chi connectivity index (χ2n) is 1.96.